The summed E-state index contributed by atoms with van der Waals surface area (Å²) in [5.74, 6) is 2.10. The maximum atomic E-state index is 11.9. The van der Waals surface area contributed by atoms with Gasteiger partial charge < -0.3 is 14.3 Å². The molecule has 0 bridgehead atoms. The molecule has 0 amide bonds. The highest BCUT2D eigenvalue weighted by molar-refractivity contribution is 5.65. The van der Waals surface area contributed by atoms with E-state index in [0.29, 0.717) is 43.1 Å². The Morgan fingerprint density at radius 3 is 2.70 bits per heavy atom. The molecule has 1 N–H and O–H groups in total. The Balaban J connectivity index is 1.68. The van der Waals surface area contributed by atoms with Gasteiger partial charge in [-0.1, -0.05) is 32.3 Å². The molecule has 3 fully saturated rings. The number of carbonyl (C=O) groups is 1. The number of aliphatic hydroxyl groups is 1. The van der Waals surface area contributed by atoms with Crippen molar-refractivity contribution in [2.45, 2.75) is 78.2 Å². The van der Waals surface area contributed by atoms with Crippen LogP contribution < -0.4 is 0 Å². The minimum absolute atomic E-state index is 0.00429. The molecule has 7 nitrogen and oxygen atoms in total. The number of ether oxygens (including phenoxy) is 1. The van der Waals surface area contributed by atoms with E-state index in [1.165, 1.54) is 6.92 Å². The number of esters is 1. The van der Waals surface area contributed by atoms with Gasteiger partial charge in [0.1, 0.15) is 11.4 Å². The second kappa shape index (κ2) is 8.99. The molecule has 1 heterocycles. The third kappa shape index (κ3) is 3.97. The minimum Gasteiger partial charge on any atom is -0.466 e. The monoisotopic (exact) mass is 457 g/mol. The van der Waals surface area contributed by atoms with E-state index in [4.69, 9.17) is 9.15 Å². The zero-order valence-electron chi connectivity index (χ0n) is 20.5. The molecule has 0 spiro atoms. The molecule has 182 valence electrons. The first kappa shape index (κ1) is 24.2. The number of azide groups is 1. The highest BCUT2D eigenvalue weighted by Gasteiger charge is 2.64. The third-order valence-electron chi connectivity index (χ3n) is 10.0. The number of furan rings is 1. The Labute approximate surface area is 196 Å². The SMILES string of the molecule is CC(=O)OC[C@H]1C[C@@H](C)CC[C@]1(C)[C@H]1CC[C@@]2(C)[C@@H](CC[C@@]2(O)c2ccco2)[C@@H]1CN=[N+]=[N-]. The lowest BCUT2D eigenvalue weighted by Crippen LogP contribution is -2.54. The van der Waals surface area contributed by atoms with Gasteiger partial charge in [-0.3, -0.25) is 4.79 Å². The predicted octanol–water partition coefficient (Wildman–Crippen LogP) is 6.23. The molecule has 3 aliphatic carbocycles. The molecule has 33 heavy (non-hydrogen) atoms. The molecule has 0 saturated heterocycles. The molecule has 3 aliphatic rings. The van der Waals surface area contributed by atoms with Crippen molar-refractivity contribution >= 4 is 5.97 Å². The Hall–Kier alpha value is -1.98. The van der Waals surface area contributed by atoms with Gasteiger partial charge >= 0.3 is 5.97 Å². The molecule has 0 unspecified atom stereocenters. The first-order valence-electron chi connectivity index (χ1n) is 12.6. The highest BCUT2D eigenvalue weighted by Crippen LogP contribution is 2.67. The van der Waals surface area contributed by atoms with Crippen molar-refractivity contribution in [3.63, 3.8) is 0 Å². The number of rotatable bonds is 6. The highest BCUT2D eigenvalue weighted by atomic mass is 16.5. The molecule has 0 aromatic carbocycles. The van der Waals surface area contributed by atoms with Crippen LogP contribution in [0.15, 0.2) is 27.9 Å². The van der Waals surface area contributed by atoms with Gasteiger partial charge in [-0.2, -0.15) is 0 Å². The number of fused-ring (bicyclic) bond motifs is 1. The van der Waals surface area contributed by atoms with Crippen molar-refractivity contribution in [1.29, 1.82) is 0 Å². The Bertz CT molecular complexity index is 897. The Kier molecular flexibility index (Phi) is 6.58. The van der Waals surface area contributed by atoms with E-state index in [0.717, 1.165) is 38.5 Å². The minimum atomic E-state index is -1.00. The van der Waals surface area contributed by atoms with Crippen molar-refractivity contribution in [1.82, 2.24) is 0 Å². The predicted molar refractivity (Wildman–Crippen MR) is 125 cm³/mol. The molecular weight excluding hydrogens is 418 g/mol. The van der Waals surface area contributed by atoms with Gasteiger partial charge in [0.25, 0.3) is 0 Å². The topological polar surface area (TPSA) is 108 Å². The zero-order valence-corrected chi connectivity index (χ0v) is 20.5. The lowest BCUT2D eigenvalue weighted by Gasteiger charge is -2.58. The molecule has 0 aliphatic heterocycles. The summed E-state index contributed by atoms with van der Waals surface area (Å²) >= 11 is 0. The van der Waals surface area contributed by atoms with Gasteiger partial charge in [-0.25, -0.2) is 0 Å². The van der Waals surface area contributed by atoms with Crippen LogP contribution in [0.2, 0.25) is 0 Å². The average molecular weight is 458 g/mol. The van der Waals surface area contributed by atoms with E-state index >= 15 is 0 Å². The quantitative estimate of drug-likeness (QED) is 0.236. The van der Waals surface area contributed by atoms with Crippen molar-refractivity contribution in [3.8, 4) is 0 Å². The van der Waals surface area contributed by atoms with Gasteiger partial charge in [-0.15, -0.1) is 0 Å². The first-order chi connectivity index (χ1) is 15.7. The summed E-state index contributed by atoms with van der Waals surface area (Å²) in [5, 5.41) is 16.0. The molecule has 1 aromatic rings. The zero-order chi connectivity index (χ0) is 23.9. The maximum absolute atomic E-state index is 11.9. The van der Waals surface area contributed by atoms with Crippen molar-refractivity contribution in [3.05, 3.63) is 34.6 Å². The van der Waals surface area contributed by atoms with E-state index in [-0.39, 0.29) is 28.6 Å². The molecule has 4 rings (SSSR count). The lowest BCUT2D eigenvalue weighted by molar-refractivity contribution is -0.157. The van der Waals surface area contributed by atoms with Crippen LogP contribution in [0.5, 0.6) is 0 Å². The molecule has 3 saturated carbocycles. The van der Waals surface area contributed by atoms with Crippen LogP contribution in [0.4, 0.5) is 0 Å². The van der Waals surface area contributed by atoms with E-state index in [1.807, 2.05) is 12.1 Å². The fourth-order valence-electron chi connectivity index (χ4n) is 8.03. The van der Waals surface area contributed by atoms with Crippen LogP contribution in [-0.4, -0.2) is 24.2 Å². The van der Waals surface area contributed by atoms with E-state index in [1.54, 1.807) is 6.26 Å². The largest absolute Gasteiger partial charge is 0.466 e. The first-order valence-corrected chi connectivity index (χ1v) is 12.6. The summed E-state index contributed by atoms with van der Waals surface area (Å²) in [5.41, 5.74) is 7.86. The summed E-state index contributed by atoms with van der Waals surface area (Å²) in [6.45, 7) is 9.25. The Morgan fingerprint density at radius 2 is 2.03 bits per heavy atom. The lowest BCUT2D eigenvalue weighted by atomic mass is 9.48. The van der Waals surface area contributed by atoms with Crippen LogP contribution in [0.1, 0.15) is 78.4 Å². The van der Waals surface area contributed by atoms with Crippen LogP contribution in [0.3, 0.4) is 0 Å². The van der Waals surface area contributed by atoms with Gasteiger partial charge in [0.2, 0.25) is 0 Å². The summed E-state index contributed by atoms with van der Waals surface area (Å²) in [6.07, 6.45) is 8.34. The van der Waals surface area contributed by atoms with E-state index < -0.39 is 5.60 Å². The third-order valence-corrected chi connectivity index (χ3v) is 10.0. The van der Waals surface area contributed by atoms with E-state index in [9.17, 15) is 15.4 Å². The summed E-state index contributed by atoms with van der Waals surface area (Å²) in [4.78, 5) is 14.7. The fourth-order valence-corrected chi connectivity index (χ4v) is 8.03. The number of hydrogen-bond acceptors (Lipinski definition) is 5. The van der Waals surface area contributed by atoms with Crippen LogP contribution >= 0.6 is 0 Å². The second-order valence-electron chi connectivity index (χ2n) is 11.5. The molecule has 1 aromatic heterocycles. The van der Waals surface area contributed by atoms with Gasteiger partial charge in [0, 0.05) is 23.8 Å². The summed E-state index contributed by atoms with van der Waals surface area (Å²) < 4.78 is 11.3. The number of carbonyl (C=O) groups excluding carboxylic acids is 1. The molecular formula is C26H39N3O4. The normalized spacial score (nSPS) is 42.9. The van der Waals surface area contributed by atoms with E-state index in [2.05, 4.69) is 30.8 Å². The van der Waals surface area contributed by atoms with Crippen molar-refractivity contribution in [2.75, 3.05) is 13.2 Å². The maximum Gasteiger partial charge on any atom is 0.302 e. The molecule has 7 heteroatoms. The van der Waals surface area contributed by atoms with Crippen LogP contribution in [0, 0.1) is 40.4 Å². The summed E-state index contributed by atoms with van der Waals surface area (Å²) in [7, 11) is 0. The van der Waals surface area contributed by atoms with Gasteiger partial charge in [0.05, 0.1) is 12.9 Å². The second-order valence-corrected chi connectivity index (χ2v) is 11.5. The van der Waals surface area contributed by atoms with Crippen LogP contribution in [0.25, 0.3) is 10.4 Å². The number of nitrogens with zero attached hydrogens (tertiary/aromatic N) is 3. The van der Waals surface area contributed by atoms with Gasteiger partial charge in [-0.05, 0) is 91.2 Å². The average Bonchev–Trinajstić information content (AvgIpc) is 3.40. The molecule has 8 atom stereocenters. The Morgan fingerprint density at radius 1 is 1.27 bits per heavy atom. The molecule has 0 radical (unpaired) electrons. The van der Waals surface area contributed by atoms with Crippen LogP contribution in [-0.2, 0) is 15.1 Å². The van der Waals surface area contributed by atoms with Crippen molar-refractivity contribution in [2.24, 2.45) is 45.5 Å². The van der Waals surface area contributed by atoms with Crippen molar-refractivity contribution < 1.29 is 19.1 Å². The fraction of sp³-hybridized carbons (Fsp3) is 0.808. The number of hydrogen-bond donors (Lipinski definition) is 1. The standard InChI is InChI=1S/C26H39N3O4/c1-17-7-10-24(3,19(14-17)16-33-18(2)30)21-8-11-25(4)22(20(21)15-28-29-27)9-12-26(25,31)23-6-5-13-32-23/h5-6,13,17,19-22,31H,7-12,14-16H2,1-4H3/t17-,19+,20+,21-,22-,24-,25-,26+/m0/s1. The summed E-state index contributed by atoms with van der Waals surface area (Å²) in [6, 6.07) is 3.73. The van der Waals surface area contributed by atoms with Gasteiger partial charge in [0.15, 0.2) is 0 Å². The smallest absolute Gasteiger partial charge is 0.302 e.